The van der Waals surface area contributed by atoms with Crippen molar-refractivity contribution in [2.45, 2.75) is 26.3 Å². The van der Waals surface area contributed by atoms with Crippen molar-refractivity contribution in [2.24, 2.45) is 5.92 Å². The lowest BCUT2D eigenvalue weighted by Gasteiger charge is -2.21. The lowest BCUT2D eigenvalue weighted by molar-refractivity contribution is -0.141. The predicted octanol–water partition coefficient (Wildman–Crippen LogP) is 2.09. The summed E-state index contributed by atoms with van der Waals surface area (Å²) in [7, 11) is 1.55. The molecular weight excluding hydrogens is 298 g/mol. The molecule has 1 heterocycles. The van der Waals surface area contributed by atoms with Crippen molar-refractivity contribution in [3.63, 3.8) is 0 Å². The molecule has 0 aliphatic carbocycles. The molecule has 2 rings (SSSR count). The summed E-state index contributed by atoms with van der Waals surface area (Å²) in [6, 6.07) is 4.49. The molecule has 0 spiro atoms. The molecule has 1 atom stereocenters. The molecule has 0 unspecified atom stereocenters. The Hall–Kier alpha value is -2.50. The highest BCUT2D eigenvalue weighted by Gasteiger charge is 2.25. The van der Waals surface area contributed by atoms with Crippen LogP contribution in [0.1, 0.15) is 25.8 Å². The number of ether oxygens (including phenoxy) is 2. The van der Waals surface area contributed by atoms with Crippen LogP contribution in [-0.2, 0) is 9.59 Å². The molecule has 0 fully saturated rings. The van der Waals surface area contributed by atoms with Crippen LogP contribution in [-0.4, -0.2) is 36.7 Å². The largest absolute Gasteiger partial charge is 0.493 e. The summed E-state index contributed by atoms with van der Waals surface area (Å²) in [4.78, 5) is 23.6. The number of aliphatic carboxylic acids is 1. The quantitative estimate of drug-likeness (QED) is 0.838. The number of hydrogen-bond acceptors (Lipinski definition) is 4. The fraction of sp³-hybridized carbons (Fsp3) is 0.412. The standard InChI is InChI=1S/C17H21NO5/c1-10(2)7-13(17(20)21)18-16(19)12-8-11-5-4-6-14(22-3)15(11)23-9-12/h4-6,8,10,13H,7,9H2,1-3H3,(H,18,19)(H,20,21)/t13-/m1/s1. The number of para-hydroxylation sites is 1. The minimum absolute atomic E-state index is 0.0766. The van der Waals surface area contributed by atoms with Gasteiger partial charge >= 0.3 is 5.97 Å². The Balaban J connectivity index is 2.17. The van der Waals surface area contributed by atoms with Crippen LogP contribution in [0.2, 0.25) is 0 Å². The number of carbonyl (C=O) groups excluding carboxylic acids is 1. The fourth-order valence-electron chi connectivity index (χ4n) is 2.42. The van der Waals surface area contributed by atoms with Crippen molar-refractivity contribution in [2.75, 3.05) is 13.7 Å². The lowest BCUT2D eigenvalue weighted by atomic mass is 10.0. The van der Waals surface area contributed by atoms with E-state index in [2.05, 4.69) is 5.32 Å². The van der Waals surface area contributed by atoms with Crippen molar-refractivity contribution in [1.82, 2.24) is 5.32 Å². The number of amides is 1. The van der Waals surface area contributed by atoms with Gasteiger partial charge in [0.1, 0.15) is 12.6 Å². The zero-order valence-electron chi connectivity index (χ0n) is 13.5. The number of methoxy groups -OCH3 is 1. The molecule has 0 radical (unpaired) electrons. The Labute approximate surface area is 135 Å². The first-order valence-electron chi connectivity index (χ1n) is 7.46. The van der Waals surface area contributed by atoms with Gasteiger partial charge in [-0.1, -0.05) is 26.0 Å². The summed E-state index contributed by atoms with van der Waals surface area (Å²) in [5.74, 6) is -0.110. The van der Waals surface area contributed by atoms with Crippen molar-refractivity contribution in [3.05, 3.63) is 29.3 Å². The number of carbonyl (C=O) groups is 2. The Bertz CT molecular complexity index is 636. The summed E-state index contributed by atoms with van der Waals surface area (Å²) in [6.07, 6.45) is 2.07. The molecule has 23 heavy (non-hydrogen) atoms. The maximum absolute atomic E-state index is 12.3. The second kappa shape index (κ2) is 7.17. The maximum Gasteiger partial charge on any atom is 0.326 e. The van der Waals surface area contributed by atoms with E-state index in [1.807, 2.05) is 19.9 Å². The average molecular weight is 319 g/mol. The van der Waals surface area contributed by atoms with E-state index in [0.717, 1.165) is 5.56 Å². The van der Waals surface area contributed by atoms with E-state index in [-0.39, 0.29) is 12.5 Å². The summed E-state index contributed by atoms with van der Waals surface area (Å²) >= 11 is 0. The Morgan fingerprint density at radius 1 is 1.39 bits per heavy atom. The van der Waals surface area contributed by atoms with Gasteiger partial charge in [0.15, 0.2) is 11.5 Å². The smallest absolute Gasteiger partial charge is 0.326 e. The first-order chi connectivity index (χ1) is 10.9. The van der Waals surface area contributed by atoms with Crippen LogP contribution in [0.4, 0.5) is 0 Å². The number of fused-ring (bicyclic) bond motifs is 1. The van der Waals surface area contributed by atoms with E-state index in [1.54, 1.807) is 25.3 Å². The molecule has 1 aromatic carbocycles. The highest BCUT2D eigenvalue weighted by Crippen LogP contribution is 2.35. The Morgan fingerprint density at radius 2 is 2.13 bits per heavy atom. The van der Waals surface area contributed by atoms with Crippen molar-refractivity contribution < 1.29 is 24.2 Å². The van der Waals surface area contributed by atoms with Crippen LogP contribution in [0.15, 0.2) is 23.8 Å². The number of carboxylic acids is 1. The van der Waals surface area contributed by atoms with Gasteiger partial charge in [0.2, 0.25) is 0 Å². The third-order valence-corrected chi connectivity index (χ3v) is 3.53. The SMILES string of the molecule is COc1cccc2c1OCC(C(=O)N[C@H](CC(C)C)C(=O)O)=C2. The molecule has 1 aromatic rings. The van der Waals surface area contributed by atoms with Gasteiger partial charge in [-0.15, -0.1) is 0 Å². The molecule has 0 saturated carbocycles. The van der Waals surface area contributed by atoms with E-state index in [0.29, 0.717) is 23.5 Å². The minimum Gasteiger partial charge on any atom is -0.493 e. The van der Waals surface area contributed by atoms with Crippen LogP contribution < -0.4 is 14.8 Å². The zero-order valence-corrected chi connectivity index (χ0v) is 13.5. The molecule has 6 nitrogen and oxygen atoms in total. The molecule has 1 aliphatic heterocycles. The maximum atomic E-state index is 12.3. The molecule has 124 valence electrons. The zero-order chi connectivity index (χ0) is 17.0. The number of rotatable bonds is 6. The van der Waals surface area contributed by atoms with Crippen molar-refractivity contribution in [3.8, 4) is 11.5 Å². The minimum atomic E-state index is -1.04. The van der Waals surface area contributed by atoms with Gasteiger partial charge in [0, 0.05) is 5.56 Å². The van der Waals surface area contributed by atoms with Gasteiger partial charge in [-0.2, -0.15) is 0 Å². The topological polar surface area (TPSA) is 84.9 Å². The Morgan fingerprint density at radius 3 is 2.74 bits per heavy atom. The second-order valence-electron chi connectivity index (χ2n) is 5.83. The number of nitrogens with one attached hydrogen (secondary N) is 1. The van der Waals surface area contributed by atoms with Gasteiger partial charge in [0.25, 0.3) is 5.91 Å². The normalized spacial score (nSPS) is 14.3. The van der Waals surface area contributed by atoms with E-state index in [4.69, 9.17) is 9.47 Å². The van der Waals surface area contributed by atoms with Gasteiger partial charge < -0.3 is 19.9 Å². The molecule has 0 aromatic heterocycles. The fourth-order valence-corrected chi connectivity index (χ4v) is 2.42. The van der Waals surface area contributed by atoms with Crippen molar-refractivity contribution in [1.29, 1.82) is 0 Å². The molecule has 0 bridgehead atoms. The van der Waals surface area contributed by atoms with E-state index >= 15 is 0 Å². The molecule has 1 aliphatic rings. The third kappa shape index (κ3) is 4.03. The summed E-state index contributed by atoms with van der Waals surface area (Å²) in [6.45, 7) is 3.90. The molecule has 6 heteroatoms. The predicted molar refractivity (Wildman–Crippen MR) is 85.5 cm³/mol. The van der Waals surface area contributed by atoms with Gasteiger partial charge in [0.05, 0.1) is 12.7 Å². The van der Waals surface area contributed by atoms with Crippen molar-refractivity contribution >= 4 is 18.0 Å². The Kier molecular flexibility index (Phi) is 5.26. The van der Waals surface area contributed by atoms with Crippen LogP contribution in [0, 0.1) is 5.92 Å². The number of hydrogen-bond donors (Lipinski definition) is 2. The molecule has 2 N–H and O–H groups in total. The van der Waals surface area contributed by atoms with Gasteiger partial charge in [-0.05, 0) is 24.5 Å². The first-order valence-corrected chi connectivity index (χ1v) is 7.46. The van der Waals surface area contributed by atoms with Gasteiger partial charge in [-0.3, -0.25) is 4.79 Å². The monoisotopic (exact) mass is 319 g/mol. The third-order valence-electron chi connectivity index (χ3n) is 3.53. The van der Waals surface area contributed by atoms with E-state index < -0.39 is 17.9 Å². The number of carboxylic acid groups (broad SMARTS) is 1. The van der Waals surface area contributed by atoms with Crippen LogP contribution in [0.3, 0.4) is 0 Å². The lowest BCUT2D eigenvalue weighted by Crippen LogP contribution is -2.43. The van der Waals surface area contributed by atoms with Crippen LogP contribution in [0.25, 0.3) is 6.08 Å². The first kappa shape index (κ1) is 16.9. The van der Waals surface area contributed by atoms with E-state index in [9.17, 15) is 14.7 Å². The average Bonchev–Trinajstić information content (AvgIpc) is 2.52. The number of benzene rings is 1. The molecule has 1 amide bonds. The second-order valence-corrected chi connectivity index (χ2v) is 5.83. The van der Waals surface area contributed by atoms with Crippen LogP contribution in [0.5, 0.6) is 11.5 Å². The summed E-state index contributed by atoms with van der Waals surface area (Å²) in [5.41, 5.74) is 1.12. The van der Waals surface area contributed by atoms with Crippen LogP contribution >= 0.6 is 0 Å². The highest BCUT2D eigenvalue weighted by atomic mass is 16.5. The summed E-state index contributed by atoms with van der Waals surface area (Å²) in [5, 5.41) is 11.8. The molecular formula is C17H21NO5. The van der Waals surface area contributed by atoms with Gasteiger partial charge in [-0.25, -0.2) is 4.79 Å². The highest BCUT2D eigenvalue weighted by molar-refractivity contribution is 6.01. The molecule has 0 saturated heterocycles. The van der Waals surface area contributed by atoms with E-state index in [1.165, 1.54) is 0 Å². The summed E-state index contributed by atoms with van der Waals surface area (Å²) < 4.78 is 10.8.